The SMILES string of the molecule is C1=CCCC1.C[n+]1ccc(-c2cc[n+](CCCC[C@@H]3C=CCC3)cc2)cc1. The zero-order valence-corrected chi connectivity index (χ0v) is 16.8. The molecule has 0 radical (unpaired) electrons. The van der Waals surface area contributed by atoms with Gasteiger partial charge in [-0.25, -0.2) is 9.13 Å². The van der Waals surface area contributed by atoms with Crippen molar-refractivity contribution in [2.45, 2.75) is 57.9 Å². The second-order valence-electron chi connectivity index (χ2n) is 7.74. The van der Waals surface area contributed by atoms with Crippen molar-refractivity contribution in [1.29, 1.82) is 0 Å². The van der Waals surface area contributed by atoms with E-state index in [1.165, 1.54) is 62.5 Å². The first-order valence-corrected chi connectivity index (χ1v) is 10.6. The molecule has 2 aromatic heterocycles. The van der Waals surface area contributed by atoms with Crippen LogP contribution >= 0.6 is 0 Å². The number of hydrogen-bond acceptors (Lipinski definition) is 0. The number of allylic oxidation sites excluding steroid dienone is 4. The summed E-state index contributed by atoms with van der Waals surface area (Å²) in [5.74, 6) is 0.854. The largest absolute Gasteiger partial charge is 0.208 e. The first-order chi connectivity index (χ1) is 13.3. The smallest absolute Gasteiger partial charge is 0.169 e. The minimum Gasteiger partial charge on any atom is -0.208 e. The lowest BCUT2D eigenvalue weighted by Gasteiger charge is -2.05. The van der Waals surface area contributed by atoms with Crippen LogP contribution in [0.4, 0.5) is 0 Å². The van der Waals surface area contributed by atoms with Crippen molar-refractivity contribution in [3.63, 3.8) is 0 Å². The average Bonchev–Trinajstić information content (AvgIpc) is 3.43. The lowest BCUT2D eigenvalue weighted by Crippen LogP contribution is -2.32. The summed E-state index contributed by atoms with van der Waals surface area (Å²) < 4.78 is 4.36. The fourth-order valence-corrected chi connectivity index (χ4v) is 3.72. The van der Waals surface area contributed by atoms with Crippen molar-refractivity contribution in [2.75, 3.05) is 0 Å². The van der Waals surface area contributed by atoms with Gasteiger partial charge in [-0.1, -0.05) is 24.3 Å². The predicted octanol–water partition coefficient (Wildman–Crippen LogP) is 5.33. The van der Waals surface area contributed by atoms with Crippen molar-refractivity contribution in [3.05, 3.63) is 73.4 Å². The Morgan fingerprint density at radius 1 is 0.815 bits per heavy atom. The maximum absolute atomic E-state index is 2.40. The molecule has 0 saturated heterocycles. The van der Waals surface area contributed by atoms with E-state index < -0.39 is 0 Å². The van der Waals surface area contributed by atoms with Gasteiger partial charge in [-0.15, -0.1) is 0 Å². The van der Waals surface area contributed by atoms with Gasteiger partial charge in [0.05, 0.1) is 0 Å². The molecule has 0 saturated carbocycles. The molecule has 0 N–H and O–H groups in total. The molecule has 0 bridgehead atoms. The zero-order chi connectivity index (χ0) is 18.7. The van der Waals surface area contributed by atoms with E-state index in [0.717, 1.165) is 12.5 Å². The number of nitrogens with zero attached hydrogens (tertiary/aromatic N) is 2. The Hall–Kier alpha value is -2.22. The van der Waals surface area contributed by atoms with Crippen LogP contribution in [0.15, 0.2) is 73.4 Å². The van der Waals surface area contributed by atoms with Crippen LogP contribution in [0.2, 0.25) is 0 Å². The van der Waals surface area contributed by atoms with Gasteiger partial charge in [-0.2, -0.15) is 0 Å². The fourth-order valence-electron chi connectivity index (χ4n) is 3.72. The Labute approximate surface area is 164 Å². The van der Waals surface area contributed by atoms with Crippen molar-refractivity contribution in [2.24, 2.45) is 13.0 Å². The first kappa shape index (κ1) is 19.5. The molecule has 142 valence electrons. The Balaban J connectivity index is 0.000000364. The Kier molecular flexibility index (Phi) is 7.83. The minimum absolute atomic E-state index is 0.854. The van der Waals surface area contributed by atoms with Crippen LogP contribution < -0.4 is 9.13 Å². The Bertz CT molecular complexity index is 720. The van der Waals surface area contributed by atoms with E-state index in [9.17, 15) is 0 Å². The minimum atomic E-state index is 0.854. The van der Waals surface area contributed by atoms with Crippen LogP contribution in [0, 0.1) is 5.92 Å². The average molecular weight is 363 g/mol. The number of unbranched alkanes of at least 4 members (excludes halogenated alkanes) is 1. The molecule has 2 nitrogen and oxygen atoms in total. The van der Waals surface area contributed by atoms with Crippen LogP contribution in [0.25, 0.3) is 11.1 Å². The lowest BCUT2D eigenvalue weighted by atomic mass is 10.0. The molecular formula is C25H34N2+2. The van der Waals surface area contributed by atoms with Gasteiger partial charge in [0.25, 0.3) is 0 Å². The summed E-state index contributed by atoms with van der Waals surface area (Å²) in [5.41, 5.74) is 2.56. The summed E-state index contributed by atoms with van der Waals surface area (Å²) in [6.45, 7) is 1.13. The van der Waals surface area contributed by atoms with Gasteiger partial charge >= 0.3 is 0 Å². The number of pyridine rings is 2. The van der Waals surface area contributed by atoms with Gasteiger partial charge in [0.1, 0.15) is 13.6 Å². The highest BCUT2D eigenvalue weighted by Gasteiger charge is 2.09. The van der Waals surface area contributed by atoms with Gasteiger partial charge < -0.3 is 0 Å². The molecule has 0 aromatic carbocycles. The van der Waals surface area contributed by atoms with Gasteiger partial charge in [0.2, 0.25) is 0 Å². The third-order valence-electron chi connectivity index (χ3n) is 5.46. The summed E-state index contributed by atoms with van der Waals surface area (Å²) in [6, 6.07) is 8.76. The molecule has 0 unspecified atom stereocenters. The maximum atomic E-state index is 2.40. The highest BCUT2D eigenvalue weighted by molar-refractivity contribution is 5.60. The van der Waals surface area contributed by atoms with Crippen LogP contribution in [0.1, 0.15) is 51.4 Å². The Morgan fingerprint density at radius 3 is 2.04 bits per heavy atom. The van der Waals surface area contributed by atoms with E-state index in [1.54, 1.807) is 0 Å². The first-order valence-electron chi connectivity index (χ1n) is 10.6. The van der Waals surface area contributed by atoms with Gasteiger partial charge in [-0.3, -0.25) is 0 Å². The molecule has 0 amide bonds. The predicted molar refractivity (Wildman–Crippen MR) is 112 cm³/mol. The summed E-state index contributed by atoms with van der Waals surface area (Å²) in [6.07, 6.45) is 28.5. The topological polar surface area (TPSA) is 7.76 Å². The summed E-state index contributed by atoms with van der Waals surface area (Å²) in [5, 5.41) is 0. The summed E-state index contributed by atoms with van der Waals surface area (Å²) in [7, 11) is 2.05. The highest BCUT2D eigenvalue weighted by atomic mass is 14.9. The number of rotatable bonds is 6. The molecule has 2 aliphatic rings. The van der Waals surface area contributed by atoms with Gasteiger partial charge in [-0.05, 0) is 62.0 Å². The second kappa shape index (κ2) is 10.8. The van der Waals surface area contributed by atoms with E-state index in [0.29, 0.717) is 0 Å². The standard InChI is InChI=1S/C20H26N2.C5H8/c1-21-14-9-19(10-15-21)20-11-16-22(17-12-20)13-5-4-8-18-6-2-3-7-18;1-2-4-5-3-1/h2,6,9-12,14-18H,3-5,7-8,13H2,1H3;1-2H,3-5H2/q+2;/t18-;/m1./s1. The van der Waals surface area contributed by atoms with Crippen LogP contribution in [0.3, 0.4) is 0 Å². The van der Waals surface area contributed by atoms with Crippen LogP contribution in [0.5, 0.6) is 0 Å². The molecule has 2 aromatic rings. The Morgan fingerprint density at radius 2 is 1.48 bits per heavy atom. The van der Waals surface area contributed by atoms with Crippen LogP contribution in [-0.2, 0) is 13.6 Å². The maximum Gasteiger partial charge on any atom is 0.169 e. The summed E-state index contributed by atoms with van der Waals surface area (Å²) >= 11 is 0. The van der Waals surface area contributed by atoms with E-state index in [2.05, 4.69) is 82.5 Å². The van der Waals surface area contributed by atoms with E-state index >= 15 is 0 Å². The second-order valence-corrected chi connectivity index (χ2v) is 7.74. The van der Waals surface area contributed by atoms with Gasteiger partial charge in [0.15, 0.2) is 24.8 Å². The monoisotopic (exact) mass is 362 g/mol. The number of aryl methyl sites for hydroxylation is 2. The normalized spacial score (nSPS) is 17.7. The molecule has 27 heavy (non-hydrogen) atoms. The lowest BCUT2D eigenvalue weighted by molar-refractivity contribution is -0.697. The van der Waals surface area contributed by atoms with Gasteiger partial charge in [0, 0.05) is 30.7 Å². The van der Waals surface area contributed by atoms with Crippen LogP contribution in [-0.4, -0.2) is 0 Å². The molecular weight excluding hydrogens is 328 g/mol. The molecule has 0 fully saturated rings. The molecule has 2 heteroatoms. The molecule has 0 aliphatic heterocycles. The van der Waals surface area contributed by atoms with E-state index in [4.69, 9.17) is 0 Å². The number of hydrogen-bond donors (Lipinski definition) is 0. The van der Waals surface area contributed by atoms with Crippen molar-refractivity contribution >= 4 is 0 Å². The molecule has 2 heterocycles. The fraction of sp³-hybridized carbons (Fsp3) is 0.440. The molecule has 1 atom stereocenters. The quantitative estimate of drug-likeness (QED) is 0.373. The third-order valence-corrected chi connectivity index (χ3v) is 5.46. The van der Waals surface area contributed by atoms with Crippen molar-refractivity contribution < 1.29 is 9.13 Å². The summed E-state index contributed by atoms with van der Waals surface area (Å²) in [4.78, 5) is 0. The molecule has 2 aliphatic carbocycles. The van der Waals surface area contributed by atoms with E-state index in [1.807, 2.05) is 7.05 Å². The number of aromatic nitrogens is 2. The van der Waals surface area contributed by atoms with Crippen molar-refractivity contribution in [1.82, 2.24) is 0 Å². The zero-order valence-electron chi connectivity index (χ0n) is 16.8. The van der Waals surface area contributed by atoms with Crippen molar-refractivity contribution in [3.8, 4) is 11.1 Å². The highest BCUT2D eigenvalue weighted by Crippen LogP contribution is 2.22. The molecule has 0 spiro atoms. The third kappa shape index (κ3) is 6.78. The van der Waals surface area contributed by atoms with E-state index in [-0.39, 0.29) is 0 Å². The molecule has 4 rings (SSSR count).